The Labute approximate surface area is 291 Å². The highest BCUT2D eigenvalue weighted by atomic mass is 32.2. The smallest absolute Gasteiger partial charge is 0.315 e. The number of aliphatic hydroxyl groups excluding tert-OH is 1. The Balaban J connectivity index is 0.839. The van der Waals surface area contributed by atoms with Gasteiger partial charge in [-0.25, -0.2) is 4.79 Å². The first kappa shape index (κ1) is 35.7. The molecule has 2 heterocycles. The van der Waals surface area contributed by atoms with Crippen molar-refractivity contribution < 1.29 is 24.3 Å². The Morgan fingerprint density at radius 2 is 1.73 bits per heavy atom. The molecule has 0 radical (unpaired) electrons. The normalized spacial score (nSPS) is 38.9. The second-order valence-electron chi connectivity index (χ2n) is 16.6. The molecule has 0 bridgehead atoms. The number of thioether (sulfide) groups is 1. The van der Waals surface area contributed by atoms with Crippen molar-refractivity contribution in [3.8, 4) is 0 Å². The van der Waals surface area contributed by atoms with E-state index in [1.165, 1.54) is 24.8 Å². The van der Waals surface area contributed by atoms with E-state index in [4.69, 9.17) is 0 Å². The van der Waals surface area contributed by atoms with Gasteiger partial charge < -0.3 is 26.4 Å². The summed E-state index contributed by atoms with van der Waals surface area (Å²) in [6.07, 6.45) is 14.9. The Bertz CT molecular complexity index is 1260. The second-order valence-corrected chi connectivity index (χ2v) is 17.9. The molecule has 2 saturated heterocycles. The molecule has 0 spiro atoms. The molecule has 3 saturated carbocycles. The first-order valence-electron chi connectivity index (χ1n) is 19.1. The summed E-state index contributed by atoms with van der Waals surface area (Å²) in [6, 6.07) is 0.421. The summed E-state index contributed by atoms with van der Waals surface area (Å²) in [4.78, 5) is 48.7. The fraction of sp³-hybridized carbons (Fsp3) is 0.842. The van der Waals surface area contributed by atoms with Crippen LogP contribution in [0.15, 0.2) is 11.6 Å². The van der Waals surface area contributed by atoms with Crippen LogP contribution >= 0.6 is 11.8 Å². The average Bonchev–Trinajstić information content (AvgIpc) is 3.72. The number of hydrogen-bond acceptors (Lipinski definition) is 6. The number of aliphatic hydroxyl groups is 1. The molecule has 11 atom stereocenters. The lowest BCUT2D eigenvalue weighted by atomic mass is 9.45. The molecule has 5 fully saturated rings. The van der Waals surface area contributed by atoms with E-state index in [1.54, 1.807) is 0 Å². The molecule has 48 heavy (non-hydrogen) atoms. The molecule has 2 aliphatic heterocycles. The number of fused-ring (bicyclic) bond motifs is 6. The van der Waals surface area contributed by atoms with Gasteiger partial charge >= 0.3 is 6.03 Å². The number of hydrogen-bond donors (Lipinski definition) is 5. The number of unbranched alkanes of at least 4 members (excludes halogenated alkanes) is 2. The highest BCUT2D eigenvalue weighted by Crippen LogP contribution is 2.67. The van der Waals surface area contributed by atoms with Gasteiger partial charge in [-0.15, -0.1) is 0 Å². The van der Waals surface area contributed by atoms with Crippen molar-refractivity contribution in [2.45, 2.75) is 141 Å². The van der Waals surface area contributed by atoms with Crippen molar-refractivity contribution in [2.24, 2.45) is 40.4 Å². The van der Waals surface area contributed by atoms with E-state index in [0.29, 0.717) is 73.6 Å². The number of urea groups is 1. The number of carbonyl (C=O) groups excluding carboxylic acids is 4. The maximum Gasteiger partial charge on any atom is 0.315 e. The van der Waals surface area contributed by atoms with E-state index >= 15 is 0 Å². The first-order valence-corrected chi connectivity index (χ1v) is 20.2. The van der Waals surface area contributed by atoms with Gasteiger partial charge in [0.25, 0.3) is 0 Å². The lowest BCUT2D eigenvalue weighted by Crippen LogP contribution is -2.55. The zero-order valence-electron chi connectivity index (χ0n) is 29.5. The van der Waals surface area contributed by atoms with Gasteiger partial charge in [0.2, 0.25) is 11.8 Å². The minimum atomic E-state index is -0.353. The molecule has 9 nitrogen and oxygen atoms in total. The van der Waals surface area contributed by atoms with E-state index in [1.807, 2.05) is 17.8 Å². The predicted molar refractivity (Wildman–Crippen MR) is 189 cm³/mol. The monoisotopic (exact) mass is 684 g/mol. The van der Waals surface area contributed by atoms with Crippen LogP contribution in [0.4, 0.5) is 4.79 Å². The summed E-state index contributed by atoms with van der Waals surface area (Å²) in [7, 11) is 0. The Morgan fingerprint density at radius 1 is 0.979 bits per heavy atom. The minimum Gasteiger partial charge on any atom is -0.392 e. The Morgan fingerprint density at radius 3 is 2.50 bits per heavy atom. The molecule has 4 amide bonds. The molecule has 0 aromatic carbocycles. The van der Waals surface area contributed by atoms with Crippen molar-refractivity contribution in [3.63, 3.8) is 0 Å². The Hall–Kier alpha value is -2.07. The summed E-state index contributed by atoms with van der Waals surface area (Å²) in [5, 5.41) is 24.0. The van der Waals surface area contributed by atoms with Gasteiger partial charge in [-0.1, -0.05) is 32.8 Å². The average molecular weight is 685 g/mol. The van der Waals surface area contributed by atoms with Gasteiger partial charge in [-0.3, -0.25) is 14.4 Å². The predicted octanol–water partition coefficient (Wildman–Crippen LogP) is 5.26. The molecular weight excluding hydrogens is 625 g/mol. The molecule has 6 aliphatic rings. The third kappa shape index (κ3) is 7.35. The van der Waals surface area contributed by atoms with Crippen molar-refractivity contribution in [1.29, 1.82) is 0 Å². The summed E-state index contributed by atoms with van der Waals surface area (Å²) in [5.41, 5.74) is 1.46. The maximum absolute atomic E-state index is 12.7. The van der Waals surface area contributed by atoms with Gasteiger partial charge in [0.05, 0.1) is 18.2 Å². The van der Waals surface area contributed by atoms with Crippen LogP contribution in [-0.4, -0.2) is 71.0 Å². The number of rotatable bonds is 14. The van der Waals surface area contributed by atoms with Crippen LogP contribution in [0.5, 0.6) is 0 Å². The molecule has 4 aliphatic carbocycles. The standard InChI is InChI=1S/C38H60N4O5S/c1-23(26-11-12-27-34-28(15-17-38(26,27)3)37(2)16-14-25(43)20-24(37)21-30(34)44)10-13-33(46)40-19-7-6-18-39-32(45)9-5-4-8-31-35-29(22-48-31)41-36(47)42-35/h20,23,26-31,34-35,44H,4-19,21-22H2,1-3H3,(H,39,45)(H,40,46)(H2,41,42,47)/t23-,26?,27?,28?,29?,30-,31?,34?,35?,37+,38-/m1/s1. The molecule has 0 aromatic rings. The molecule has 5 N–H and O–H groups in total. The molecule has 268 valence electrons. The van der Waals surface area contributed by atoms with Crippen molar-refractivity contribution in [2.75, 3.05) is 18.8 Å². The summed E-state index contributed by atoms with van der Waals surface area (Å²) >= 11 is 1.91. The van der Waals surface area contributed by atoms with Gasteiger partial charge in [0, 0.05) is 43.4 Å². The number of carbonyl (C=O) groups is 4. The van der Waals surface area contributed by atoms with Crippen LogP contribution in [0, 0.1) is 40.4 Å². The number of ketones is 1. The maximum atomic E-state index is 12.7. The van der Waals surface area contributed by atoms with Crippen LogP contribution in [-0.2, 0) is 14.4 Å². The zero-order chi connectivity index (χ0) is 34.1. The van der Waals surface area contributed by atoms with E-state index in [2.05, 4.69) is 42.0 Å². The van der Waals surface area contributed by atoms with Gasteiger partial charge in [-0.2, -0.15) is 11.8 Å². The molecular formula is C38H60N4O5S. The van der Waals surface area contributed by atoms with Crippen LogP contribution in [0.1, 0.15) is 117 Å². The van der Waals surface area contributed by atoms with Gasteiger partial charge in [-0.05, 0) is 117 Å². The molecule has 10 heteroatoms. The third-order valence-electron chi connectivity index (χ3n) is 13.9. The quantitative estimate of drug-likeness (QED) is 0.125. The molecule has 0 aromatic heterocycles. The Kier molecular flexibility index (Phi) is 11.2. The van der Waals surface area contributed by atoms with E-state index in [0.717, 1.165) is 57.1 Å². The fourth-order valence-electron chi connectivity index (χ4n) is 11.2. The SMILES string of the molecule is C[C@H](CCC(=O)NCCCCNC(=O)CCCCC1SCC2NC(=O)NC21)C1CCC2C3C(CC[C@@]21C)[C@@]1(C)CCC(=O)C=C1C[C@H]3O. The first-order chi connectivity index (χ1) is 23.0. The third-order valence-corrected chi connectivity index (χ3v) is 15.4. The fourth-order valence-corrected chi connectivity index (χ4v) is 12.8. The van der Waals surface area contributed by atoms with Gasteiger partial charge in [0.15, 0.2) is 5.78 Å². The second kappa shape index (κ2) is 15.0. The van der Waals surface area contributed by atoms with Gasteiger partial charge in [0.1, 0.15) is 0 Å². The highest BCUT2D eigenvalue weighted by Gasteiger charge is 2.61. The van der Waals surface area contributed by atoms with Crippen molar-refractivity contribution >= 4 is 35.4 Å². The molecule has 6 rings (SSSR count). The van der Waals surface area contributed by atoms with Crippen LogP contribution in [0.3, 0.4) is 0 Å². The summed E-state index contributed by atoms with van der Waals surface area (Å²) in [5.74, 6) is 3.74. The van der Waals surface area contributed by atoms with E-state index in [-0.39, 0.29) is 52.6 Å². The van der Waals surface area contributed by atoms with E-state index < -0.39 is 0 Å². The highest BCUT2D eigenvalue weighted by molar-refractivity contribution is 8.00. The summed E-state index contributed by atoms with van der Waals surface area (Å²) in [6.45, 7) is 8.46. The van der Waals surface area contributed by atoms with Crippen LogP contribution in [0.2, 0.25) is 0 Å². The largest absolute Gasteiger partial charge is 0.392 e. The number of nitrogens with one attached hydrogen (secondary N) is 4. The summed E-state index contributed by atoms with van der Waals surface area (Å²) < 4.78 is 0. The van der Waals surface area contributed by atoms with Crippen LogP contribution in [0.25, 0.3) is 0 Å². The molecule has 7 unspecified atom stereocenters. The van der Waals surface area contributed by atoms with Crippen LogP contribution < -0.4 is 21.3 Å². The van der Waals surface area contributed by atoms with Crippen molar-refractivity contribution in [1.82, 2.24) is 21.3 Å². The zero-order valence-corrected chi connectivity index (χ0v) is 30.3. The lowest BCUT2D eigenvalue weighted by Gasteiger charge is -2.59. The number of amides is 4. The van der Waals surface area contributed by atoms with Crippen molar-refractivity contribution in [3.05, 3.63) is 11.6 Å². The minimum absolute atomic E-state index is 0.0535. The van der Waals surface area contributed by atoms with E-state index in [9.17, 15) is 24.3 Å². The topological polar surface area (TPSA) is 137 Å². The lowest BCUT2D eigenvalue weighted by molar-refractivity contribution is -0.125.